The van der Waals surface area contributed by atoms with Crippen molar-refractivity contribution in [2.24, 2.45) is 0 Å². The minimum absolute atomic E-state index is 0.0218. The third-order valence-corrected chi connectivity index (χ3v) is 1.70. The van der Waals surface area contributed by atoms with Gasteiger partial charge in [0.15, 0.2) is 0 Å². The fraction of sp³-hybridized carbons (Fsp3) is 0.200. The molecule has 0 aromatic heterocycles. The van der Waals surface area contributed by atoms with Crippen LogP contribution in [-0.2, 0) is 16.0 Å². The van der Waals surface area contributed by atoms with Crippen LogP contribution in [0.1, 0.15) is 5.56 Å². The van der Waals surface area contributed by atoms with Crippen LogP contribution in [0.3, 0.4) is 0 Å². The molecule has 4 heteroatoms. The molecule has 14 heavy (non-hydrogen) atoms. The van der Waals surface area contributed by atoms with Gasteiger partial charge >= 0.3 is 5.97 Å². The van der Waals surface area contributed by atoms with Crippen LogP contribution in [0.5, 0.6) is 0 Å². The summed E-state index contributed by atoms with van der Waals surface area (Å²) in [6.45, 7) is 0.262. The first kappa shape index (κ1) is 10.2. The minimum Gasteiger partial charge on any atom is -0.481 e. The third-order valence-electron chi connectivity index (χ3n) is 1.70. The fourth-order valence-corrected chi connectivity index (χ4v) is 1.07. The van der Waals surface area contributed by atoms with Crippen molar-refractivity contribution in [2.45, 2.75) is 6.42 Å². The lowest BCUT2D eigenvalue weighted by Crippen LogP contribution is -2.03. The molecule has 1 aromatic carbocycles. The van der Waals surface area contributed by atoms with Crippen LogP contribution in [0.4, 0.5) is 5.69 Å². The second-order valence-electron chi connectivity index (χ2n) is 2.82. The average Bonchev–Trinajstić information content (AvgIpc) is 2.16. The maximum absolute atomic E-state index is 10.4. The molecule has 0 aliphatic heterocycles. The molecule has 0 heterocycles. The summed E-state index contributed by atoms with van der Waals surface area (Å²) in [4.78, 5) is 20.4. The van der Waals surface area contributed by atoms with Gasteiger partial charge in [-0.3, -0.25) is 4.79 Å². The predicted octanol–water partition coefficient (Wildman–Crippen LogP) is 0.925. The number of nitrogens with one attached hydrogen (secondary N) is 1. The number of anilines is 1. The molecular formula is C10H11NO3. The number of hydrogen-bond donors (Lipinski definition) is 2. The molecule has 2 N–H and O–H groups in total. The standard InChI is InChI=1S/C10H11NO3/c12-6-5-11-9-3-1-8(2-4-9)7-10(13)14/h1-4,6,11H,5,7H2,(H,13,14). The molecule has 0 aliphatic rings. The lowest BCUT2D eigenvalue weighted by Gasteiger charge is -2.02. The van der Waals surface area contributed by atoms with Gasteiger partial charge in [0.05, 0.1) is 13.0 Å². The second-order valence-corrected chi connectivity index (χ2v) is 2.82. The van der Waals surface area contributed by atoms with Crippen LogP contribution in [0.2, 0.25) is 0 Å². The Labute approximate surface area is 81.6 Å². The molecule has 0 saturated carbocycles. The molecule has 4 nitrogen and oxygen atoms in total. The number of carboxylic acids is 1. The molecule has 0 spiro atoms. The van der Waals surface area contributed by atoms with E-state index in [2.05, 4.69) is 5.32 Å². The van der Waals surface area contributed by atoms with Crippen molar-refractivity contribution in [3.05, 3.63) is 29.8 Å². The van der Waals surface area contributed by atoms with E-state index < -0.39 is 5.97 Å². The van der Waals surface area contributed by atoms with Gasteiger partial charge in [-0.2, -0.15) is 0 Å². The molecule has 0 radical (unpaired) electrons. The Hall–Kier alpha value is -1.84. The Kier molecular flexibility index (Phi) is 3.67. The van der Waals surface area contributed by atoms with Gasteiger partial charge in [0, 0.05) is 5.69 Å². The summed E-state index contributed by atoms with van der Waals surface area (Å²) in [5.41, 5.74) is 1.56. The fourth-order valence-electron chi connectivity index (χ4n) is 1.07. The van der Waals surface area contributed by atoms with Crippen molar-refractivity contribution in [3.63, 3.8) is 0 Å². The van der Waals surface area contributed by atoms with Gasteiger partial charge in [-0.05, 0) is 17.7 Å². The maximum Gasteiger partial charge on any atom is 0.307 e. The number of carboxylic acid groups (broad SMARTS) is 1. The number of carbonyl (C=O) groups excluding carboxylic acids is 1. The zero-order valence-electron chi connectivity index (χ0n) is 7.56. The largest absolute Gasteiger partial charge is 0.481 e. The molecule has 0 unspecified atom stereocenters. The molecule has 0 saturated heterocycles. The summed E-state index contributed by atoms with van der Waals surface area (Å²) in [6.07, 6.45) is 0.791. The number of aliphatic carboxylic acids is 1. The van der Waals surface area contributed by atoms with Crippen LogP contribution in [0, 0.1) is 0 Å². The zero-order chi connectivity index (χ0) is 10.4. The van der Waals surface area contributed by atoms with Gasteiger partial charge in [-0.1, -0.05) is 12.1 Å². The summed E-state index contributed by atoms with van der Waals surface area (Å²) in [6, 6.07) is 6.95. The first-order valence-electron chi connectivity index (χ1n) is 4.20. The number of benzene rings is 1. The summed E-state index contributed by atoms with van der Waals surface area (Å²) < 4.78 is 0. The van der Waals surface area contributed by atoms with Crippen molar-refractivity contribution in [2.75, 3.05) is 11.9 Å². The number of carbonyl (C=O) groups is 2. The van der Waals surface area contributed by atoms with Crippen molar-refractivity contribution < 1.29 is 14.7 Å². The van der Waals surface area contributed by atoms with Gasteiger partial charge in [-0.25, -0.2) is 0 Å². The highest BCUT2D eigenvalue weighted by molar-refractivity contribution is 5.70. The van der Waals surface area contributed by atoms with Gasteiger partial charge in [0.25, 0.3) is 0 Å². The highest BCUT2D eigenvalue weighted by Crippen LogP contribution is 2.09. The summed E-state index contributed by atoms with van der Waals surface area (Å²) in [5, 5.41) is 11.4. The predicted molar refractivity (Wildman–Crippen MR) is 52.3 cm³/mol. The van der Waals surface area contributed by atoms with Gasteiger partial charge in [0.2, 0.25) is 0 Å². The zero-order valence-corrected chi connectivity index (χ0v) is 7.56. The summed E-state index contributed by atoms with van der Waals surface area (Å²) in [7, 11) is 0. The molecule has 74 valence electrons. The summed E-state index contributed by atoms with van der Waals surface area (Å²) in [5.74, 6) is -0.849. The van der Waals surface area contributed by atoms with Crippen molar-refractivity contribution >= 4 is 17.9 Å². The SMILES string of the molecule is O=CCNc1ccc(CC(=O)O)cc1. The van der Waals surface area contributed by atoms with E-state index in [1.54, 1.807) is 24.3 Å². The van der Waals surface area contributed by atoms with E-state index in [1.165, 1.54) is 0 Å². The quantitative estimate of drug-likeness (QED) is 0.682. The topological polar surface area (TPSA) is 66.4 Å². The van der Waals surface area contributed by atoms with Crippen LogP contribution in [0.25, 0.3) is 0 Å². The molecule has 0 fully saturated rings. The van der Waals surface area contributed by atoms with Gasteiger partial charge in [0.1, 0.15) is 6.29 Å². The van der Waals surface area contributed by atoms with Gasteiger partial charge in [-0.15, -0.1) is 0 Å². The summed E-state index contributed by atoms with van der Waals surface area (Å²) >= 11 is 0. The first-order chi connectivity index (χ1) is 6.72. The highest BCUT2D eigenvalue weighted by Gasteiger charge is 1.99. The van der Waals surface area contributed by atoms with Crippen molar-refractivity contribution in [1.29, 1.82) is 0 Å². The van der Waals surface area contributed by atoms with E-state index in [4.69, 9.17) is 5.11 Å². The molecule has 0 amide bonds. The molecular weight excluding hydrogens is 182 g/mol. The van der Waals surface area contributed by atoms with Crippen molar-refractivity contribution in [3.8, 4) is 0 Å². The first-order valence-corrected chi connectivity index (χ1v) is 4.20. The lowest BCUT2D eigenvalue weighted by molar-refractivity contribution is -0.136. The maximum atomic E-state index is 10.4. The molecule has 0 aliphatic carbocycles. The van der Waals surface area contributed by atoms with E-state index in [0.29, 0.717) is 0 Å². The van der Waals surface area contributed by atoms with E-state index in [0.717, 1.165) is 17.5 Å². The Morgan fingerprint density at radius 3 is 2.50 bits per heavy atom. The lowest BCUT2D eigenvalue weighted by atomic mass is 10.1. The monoisotopic (exact) mass is 193 g/mol. The Morgan fingerprint density at radius 2 is 2.00 bits per heavy atom. The normalized spacial score (nSPS) is 9.43. The van der Waals surface area contributed by atoms with E-state index in [9.17, 15) is 9.59 Å². The van der Waals surface area contributed by atoms with Crippen LogP contribution >= 0.6 is 0 Å². The van der Waals surface area contributed by atoms with E-state index in [1.807, 2.05) is 0 Å². The number of aldehydes is 1. The van der Waals surface area contributed by atoms with Crippen LogP contribution < -0.4 is 5.32 Å². The van der Waals surface area contributed by atoms with E-state index >= 15 is 0 Å². The Bertz CT molecular complexity index is 319. The van der Waals surface area contributed by atoms with Crippen LogP contribution in [-0.4, -0.2) is 23.9 Å². The Morgan fingerprint density at radius 1 is 1.36 bits per heavy atom. The highest BCUT2D eigenvalue weighted by atomic mass is 16.4. The van der Waals surface area contributed by atoms with Crippen molar-refractivity contribution in [1.82, 2.24) is 0 Å². The molecule has 1 aromatic rings. The third kappa shape index (κ3) is 3.26. The molecule has 1 rings (SSSR count). The molecule has 0 bridgehead atoms. The minimum atomic E-state index is -0.849. The van der Waals surface area contributed by atoms with Gasteiger partial charge < -0.3 is 15.2 Å². The Balaban J connectivity index is 2.58. The number of hydrogen-bond acceptors (Lipinski definition) is 3. The smallest absolute Gasteiger partial charge is 0.307 e. The second kappa shape index (κ2) is 5.01. The number of rotatable bonds is 5. The van der Waals surface area contributed by atoms with Crippen LogP contribution in [0.15, 0.2) is 24.3 Å². The average molecular weight is 193 g/mol. The molecule has 0 atom stereocenters. The van der Waals surface area contributed by atoms with E-state index in [-0.39, 0.29) is 13.0 Å².